The molecule has 0 amide bonds. The van der Waals surface area contributed by atoms with Crippen molar-refractivity contribution in [3.8, 4) is 17.2 Å². The molecule has 1 aromatic heterocycles. The summed E-state index contributed by atoms with van der Waals surface area (Å²) >= 11 is 0. The molecule has 0 bridgehead atoms. The van der Waals surface area contributed by atoms with Crippen LogP contribution in [-0.4, -0.2) is 28.2 Å². The molecule has 0 saturated carbocycles. The summed E-state index contributed by atoms with van der Waals surface area (Å²) in [7, 11) is 1.68. The molecule has 7 heteroatoms. The van der Waals surface area contributed by atoms with E-state index in [2.05, 4.69) is 15.9 Å². The van der Waals surface area contributed by atoms with Gasteiger partial charge in [-0.05, 0) is 55.8 Å². The predicted octanol–water partition coefficient (Wildman–Crippen LogP) is 5.48. The Balaban J connectivity index is 1.50. The minimum Gasteiger partial charge on any atom is -0.496 e. The third-order valence-corrected chi connectivity index (χ3v) is 6.44. The lowest BCUT2D eigenvalue weighted by Gasteiger charge is -2.38. The van der Waals surface area contributed by atoms with Gasteiger partial charge in [-0.15, -0.1) is 0 Å². The van der Waals surface area contributed by atoms with Gasteiger partial charge in [-0.25, -0.2) is 4.98 Å². The fourth-order valence-electron chi connectivity index (χ4n) is 4.63. The minimum absolute atomic E-state index is 0.0127. The quantitative estimate of drug-likeness (QED) is 0.347. The number of anilines is 2. The Hall–Kier alpha value is -4.10. The molecule has 0 N–H and O–H groups in total. The second kappa shape index (κ2) is 10.3. The molecular weight excluding hydrogens is 452 g/mol. The van der Waals surface area contributed by atoms with Gasteiger partial charge >= 0.3 is 0 Å². The number of hydrogen-bond acceptors (Lipinski definition) is 6. The molecule has 0 radical (unpaired) electrons. The van der Waals surface area contributed by atoms with Crippen molar-refractivity contribution in [1.82, 2.24) is 14.5 Å². The van der Waals surface area contributed by atoms with E-state index in [-0.39, 0.29) is 5.56 Å². The Labute approximate surface area is 211 Å². The number of methoxy groups -OCH3 is 1. The monoisotopic (exact) mass is 482 g/mol. The van der Waals surface area contributed by atoms with Crippen molar-refractivity contribution in [3.63, 3.8) is 0 Å². The lowest BCUT2D eigenvalue weighted by molar-refractivity contribution is 0.187. The van der Waals surface area contributed by atoms with Gasteiger partial charge < -0.3 is 9.47 Å². The fraction of sp³-hybridized carbons (Fsp3) is 0.241. The van der Waals surface area contributed by atoms with Crippen molar-refractivity contribution in [2.75, 3.05) is 18.7 Å². The van der Waals surface area contributed by atoms with Crippen LogP contribution in [0.25, 0.3) is 0 Å². The number of hydrogen-bond donors (Lipinski definition) is 0. The van der Waals surface area contributed by atoms with E-state index < -0.39 is 0 Å². The van der Waals surface area contributed by atoms with Crippen LogP contribution in [0.2, 0.25) is 0 Å². The maximum atomic E-state index is 13.4. The highest BCUT2D eigenvalue weighted by atomic mass is 16.5. The molecule has 0 saturated heterocycles. The van der Waals surface area contributed by atoms with E-state index >= 15 is 0 Å². The topological polar surface area (TPSA) is 59.8 Å². The summed E-state index contributed by atoms with van der Waals surface area (Å²) < 4.78 is 13.3. The van der Waals surface area contributed by atoms with Crippen LogP contribution in [-0.2, 0) is 19.6 Å². The minimum atomic E-state index is 0.0127. The van der Waals surface area contributed by atoms with E-state index in [0.717, 1.165) is 39.8 Å². The molecule has 0 atom stereocenters. The van der Waals surface area contributed by atoms with Gasteiger partial charge in [0.15, 0.2) is 0 Å². The predicted molar refractivity (Wildman–Crippen MR) is 141 cm³/mol. The highest BCUT2D eigenvalue weighted by molar-refractivity contribution is 5.59. The van der Waals surface area contributed by atoms with Crippen LogP contribution < -0.4 is 19.9 Å². The molecule has 3 aromatic carbocycles. The number of aryl methyl sites for hydroxylation is 1. The van der Waals surface area contributed by atoms with E-state index in [1.807, 2.05) is 86.6 Å². The Kier molecular flexibility index (Phi) is 6.73. The largest absolute Gasteiger partial charge is 0.496 e. The van der Waals surface area contributed by atoms with E-state index in [0.29, 0.717) is 32.3 Å². The van der Waals surface area contributed by atoms with E-state index in [4.69, 9.17) is 14.5 Å². The molecular formula is C29H30N4O3. The van der Waals surface area contributed by atoms with Crippen LogP contribution in [0.3, 0.4) is 0 Å². The third-order valence-electron chi connectivity index (χ3n) is 6.44. The number of benzene rings is 3. The summed E-state index contributed by atoms with van der Waals surface area (Å²) in [5, 5.41) is 0. The number of ether oxygens (including phenoxy) is 2. The van der Waals surface area contributed by atoms with E-state index in [9.17, 15) is 4.79 Å². The van der Waals surface area contributed by atoms with Crippen molar-refractivity contribution >= 4 is 11.6 Å². The first-order valence-electron chi connectivity index (χ1n) is 12.1. The van der Waals surface area contributed by atoms with Crippen molar-refractivity contribution in [1.29, 1.82) is 0 Å². The molecule has 1 aliphatic rings. The molecule has 0 spiro atoms. The van der Waals surface area contributed by atoms with Gasteiger partial charge in [0.25, 0.3) is 5.56 Å². The van der Waals surface area contributed by atoms with Crippen molar-refractivity contribution in [3.05, 3.63) is 106 Å². The average Bonchev–Trinajstić information content (AvgIpc) is 2.90. The Morgan fingerprint density at radius 1 is 0.889 bits per heavy atom. The van der Waals surface area contributed by atoms with Crippen LogP contribution in [0.15, 0.2) is 83.7 Å². The van der Waals surface area contributed by atoms with Crippen molar-refractivity contribution in [2.45, 2.75) is 33.5 Å². The number of fused-ring (bicyclic) bond motifs is 1. The molecule has 2 heterocycles. The Bertz CT molecular complexity index is 1400. The van der Waals surface area contributed by atoms with Crippen LogP contribution in [0.1, 0.15) is 23.7 Å². The van der Waals surface area contributed by atoms with Gasteiger partial charge in [0.2, 0.25) is 5.95 Å². The van der Waals surface area contributed by atoms with E-state index in [1.54, 1.807) is 11.7 Å². The summed E-state index contributed by atoms with van der Waals surface area (Å²) in [4.78, 5) is 22.6. The maximum Gasteiger partial charge on any atom is 0.259 e. The SMILES string of the molecule is CCc1c(C)nc2n(c1=O)CN(Cc1ccccc1OC)CN2c1ccc(Oc2ccccc2)cc1. The van der Waals surface area contributed by atoms with Crippen LogP contribution in [0.4, 0.5) is 11.6 Å². The van der Waals surface area contributed by atoms with Gasteiger partial charge in [0, 0.05) is 29.1 Å². The van der Waals surface area contributed by atoms with Gasteiger partial charge in [-0.2, -0.15) is 0 Å². The second-order valence-corrected chi connectivity index (χ2v) is 8.82. The fourth-order valence-corrected chi connectivity index (χ4v) is 4.63. The third kappa shape index (κ3) is 4.70. The number of para-hydroxylation sites is 2. The highest BCUT2D eigenvalue weighted by Crippen LogP contribution is 2.31. The summed E-state index contributed by atoms with van der Waals surface area (Å²) in [5.41, 5.74) is 3.55. The van der Waals surface area contributed by atoms with Crippen LogP contribution in [0.5, 0.6) is 17.2 Å². The zero-order chi connectivity index (χ0) is 25.1. The number of rotatable bonds is 7. The van der Waals surface area contributed by atoms with E-state index in [1.165, 1.54) is 0 Å². The van der Waals surface area contributed by atoms with Gasteiger partial charge in [-0.1, -0.05) is 43.3 Å². The molecule has 0 aliphatic carbocycles. The van der Waals surface area contributed by atoms with Crippen LogP contribution >= 0.6 is 0 Å². The molecule has 1 aliphatic heterocycles. The van der Waals surface area contributed by atoms with Gasteiger partial charge in [0.1, 0.15) is 17.2 Å². The standard InChI is InChI=1S/C29H30N4O3/c1-4-26-21(2)30-29-32(23-14-16-25(17-15-23)36-24-11-6-5-7-12-24)19-31(20-33(29)28(26)34)18-22-10-8-9-13-27(22)35-3/h5-17H,4,18-20H2,1-3H3. The maximum absolute atomic E-state index is 13.4. The van der Waals surface area contributed by atoms with Crippen molar-refractivity contribution in [2.24, 2.45) is 0 Å². The molecule has 4 aromatic rings. The summed E-state index contributed by atoms with van der Waals surface area (Å²) in [5.74, 6) is 3.02. The molecule has 5 rings (SSSR count). The van der Waals surface area contributed by atoms with Crippen molar-refractivity contribution < 1.29 is 9.47 Å². The summed E-state index contributed by atoms with van der Waals surface area (Å²) in [6, 6.07) is 25.6. The summed E-state index contributed by atoms with van der Waals surface area (Å²) in [6.07, 6.45) is 0.649. The Morgan fingerprint density at radius 2 is 1.58 bits per heavy atom. The average molecular weight is 483 g/mol. The zero-order valence-corrected chi connectivity index (χ0v) is 20.8. The zero-order valence-electron chi connectivity index (χ0n) is 20.8. The number of nitrogens with zero attached hydrogens (tertiary/aromatic N) is 4. The molecule has 0 unspecified atom stereocenters. The number of aromatic nitrogens is 2. The molecule has 7 nitrogen and oxygen atoms in total. The molecule has 0 fully saturated rings. The lowest BCUT2D eigenvalue weighted by atomic mass is 10.1. The molecule has 36 heavy (non-hydrogen) atoms. The Morgan fingerprint density at radius 3 is 2.31 bits per heavy atom. The van der Waals surface area contributed by atoms with Crippen LogP contribution in [0, 0.1) is 6.92 Å². The first-order chi connectivity index (χ1) is 17.6. The van der Waals surface area contributed by atoms with Gasteiger partial charge in [-0.3, -0.25) is 19.2 Å². The molecule has 184 valence electrons. The second-order valence-electron chi connectivity index (χ2n) is 8.82. The lowest BCUT2D eigenvalue weighted by Crippen LogP contribution is -2.47. The first-order valence-corrected chi connectivity index (χ1v) is 12.1. The highest BCUT2D eigenvalue weighted by Gasteiger charge is 2.28. The normalized spacial score (nSPS) is 13.4. The van der Waals surface area contributed by atoms with Gasteiger partial charge in [0.05, 0.1) is 20.4 Å². The smallest absolute Gasteiger partial charge is 0.259 e. The first kappa shape index (κ1) is 23.6. The summed E-state index contributed by atoms with van der Waals surface area (Å²) in [6.45, 7) is 5.58.